The lowest BCUT2D eigenvalue weighted by molar-refractivity contribution is 0.0927. The van der Waals surface area contributed by atoms with Gasteiger partial charge in [0.15, 0.2) is 5.65 Å². The second-order valence-corrected chi connectivity index (χ2v) is 6.69. The molecule has 116 valence electrons. The van der Waals surface area contributed by atoms with E-state index in [0.29, 0.717) is 11.3 Å². The Morgan fingerprint density at radius 2 is 2.22 bits per heavy atom. The Balaban J connectivity index is 1.53. The number of fused-ring (bicyclic) bond motifs is 2. The minimum absolute atomic E-state index is 0.0906. The lowest BCUT2D eigenvalue weighted by atomic mass is 9.88. The van der Waals surface area contributed by atoms with Gasteiger partial charge in [-0.3, -0.25) is 14.2 Å². The highest BCUT2D eigenvalue weighted by atomic mass is 79.9. The van der Waals surface area contributed by atoms with E-state index in [1.54, 1.807) is 29.2 Å². The van der Waals surface area contributed by atoms with E-state index in [1.165, 1.54) is 11.1 Å². The molecule has 0 saturated carbocycles. The standard InChI is InChI=1S/C17H15BrN4O/c18-13-3-1-11-2-4-14(8-12(11)7-13)21-17(23)15-9-20-16-10-19-5-6-22(15)16/h1,3,5-7,9-10,14H,2,4,8H2,(H,21,23). The summed E-state index contributed by atoms with van der Waals surface area (Å²) in [4.78, 5) is 20.8. The van der Waals surface area contributed by atoms with Crippen molar-refractivity contribution in [2.45, 2.75) is 25.3 Å². The van der Waals surface area contributed by atoms with Gasteiger partial charge in [0.2, 0.25) is 0 Å². The Morgan fingerprint density at radius 3 is 3.13 bits per heavy atom. The Hall–Kier alpha value is -2.21. The van der Waals surface area contributed by atoms with Gasteiger partial charge in [0.25, 0.3) is 5.91 Å². The van der Waals surface area contributed by atoms with E-state index in [9.17, 15) is 4.79 Å². The van der Waals surface area contributed by atoms with Gasteiger partial charge in [0.05, 0.1) is 12.4 Å². The zero-order valence-corrected chi connectivity index (χ0v) is 14.0. The molecule has 6 heteroatoms. The number of aromatic nitrogens is 3. The SMILES string of the molecule is O=C(NC1CCc2ccc(Br)cc2C1)c1cnc2cnccn12. The highest BCUT2D eigenvalue weighted by molar-refractivity contribution is 9.10. The maximum absolute atomic E-state index is 12.6. The van der Waals surface area contributed by atoms with E-state index in [2.05, 4.69) is 49.4 Å². The van der Waals surface area contributed by atoms with Crippen molar-refractivity contribution in [2.24, 2.45) is 0 Å². The van der Waals surface area contributed by atoms with E-state index in [1.807, 2.05) is 0 Å². The predicted octanol–water partition coefficient (Wildman–Crippen LogP) is 2.78. The summed E-state index contributed by atoms with van der Waals surface area (Å²) in [7, 11) is 0. The van der Waals surface area contributed by atoms with Crippen LogP contribution in [0.4, 0.5) is 0 Å². The van der Waals surface area contributed by atoms with Crippen LogP contribution in [0.3, 0.4) is 0 Å². The topological polar surface area (TPSA) is 59.3 Å². The largest absolute Gasteiger partial charge is 0.348 e. The number of carbonyl (C=O) groups excluding carboxylic acids is 1. The van der Waals surface area contributed by atoms with Crippen molar-refractivity contribution < 1.29 is 4.79 Å². The van der Waals surface area contributed by atoms with Crippen LogP contribution in [0.2, 0.25) is 0 Å². The summed E-state index contributed by atoms with van der Waals surface area (Å²) in [5.41, 5.74) is 3.90. The van der Waals surface area contributed by atoms with Crippen molar-refractivity contribution in [2.75, 3.05) is 0 Å². The first-order chi connectivity index (χ1) is 11.2. The lowest BCUT2D eigenvalue weighted by Gasteiger charge is -2.25. The molecular formula is C17H15BrN4O. The maximum Gasteiger partial charge on any atom is 0.270 e. The Morgan fingerprint density at radius 1 is 1.30 bits per heavy atom. The predicted molar refractivity (Wildman–Crippen MR) is 90.4 cm³/mol. The molecule has 1 N–H and O–H groups in total. The average molecular weight is 371 g/mol. The first-order valence-corrected chi connectivity index (χ1v) is 8.35. The van der Waals surface area contributed by atoms with Gasteiger partial charge < -0.3 is 5.32 Å². The van der Waals surface area contributed by atoms with E-state index < -0.39 is 0 Å². The molecule has 0 radical (unpaired) electrons. The third kappa shape index (κ3) is 2.74. The quantitative estimate of drug-likeness (QED) is 0.754. The second-order valence-electron chi connectivity index (χ2n) is 5.77. The fourth-order valence-corrected chi connectivity index (χ4v) is 3.53. The van der Waals surface area contributed by atoms with Gasteiger partial charge in [-0.2, -0.15) is 0 Å². The molecule has 0 spiro atoms. The number of nitrogens with zero attached hydrogens (tertiary/aromatic N) is 3. The summed E-state index contributed by atoms with van der Waals surface area (Å²) in [5, 5.41) is 3.14. The minimum atomic E-state index is -0.0906. The Kier molecular flexibility index (Phi) is 3.61. The summed E-state index contributed by atoms with van der Waals surface area (Å²) >= 11 is 3.51. The van der Waals surface area contributed by atoms with Crippen molar-refractivity contribution in [1.29, 1.82) is 0 Å². The van der Waals surface area contributed by atoms with Crippen molar-refractivity contribution in [3.8, 4) is 0 Å². The average Bonchev–Trinajstić information content (AvgIpc) is 2.98. The molecule has 1 unspecified atom stereocenters. The summed E-state index contributed by atoms with van der Waals surface area (Å²) in [6.07, 6.45) is 9.46. The molecule has 2 heterocycles. The molecule has 1 amide bonds. The summed E-state index contributed by atoms with van der Waals surface area (Å²) < 4.78 is 2.84. The molecule has 1 aliphatic carbocycles. The highest BCUT2D eigenvalue weighted by Gasteiger charge is 2.22. The van der Waals surface area contributed by atoms with Crippen LogP contribution in [-0.4, -0.2) is 26.3 Å². The molecule has 0 aliphatic heterocycles. The van der Waals surface area contributed by atoms with Gasteiger partial charge in [-0.15, -0.1) is 0 Å². The zero-order valence-electron chi connectivity index (χ0n) is 12.4. The molecule has 0 fully saturated rings. The normalized spacial score (nSPS) is 17.0. The van der Waals surface area contributed by atoms with Crippen molar-refractivity contribution in [3.05, 3.63) is 64.3 Å². The number of nitrogens with one attached hydrogen (secondary N) is 1. The Bertz CT molecular complexity index is 889. The van der Waals surface area contributed by atoms with Gasteiger partial charge in [-0.25, -0.2) is 4.98 Å². The third-order valence-electron chi connectivity index (χ3n) is 4.28. The molecule has 1 aliphatic rings. The number of rotatable bonds is 2. The van der Waals surface area contributed by atoms with Gasteiger partial charge in [0, 0.05) is 22.9 Å². The number of halogens is 1. The van der Waals surface area contributed by atoms with Crippen LogP contribution in [0, 0.1) is 0 Å². The number of aryl methyl sites for hydroxylation is 1. The fraction of sp³-hybridized carbons (Fsp3) is 0.235. The molecule has 23 heavy (non-hydrogen) atoms. The van der Waals surface area contributed by atoms with E-state index >= 15 is 0 Å². The first-order valence-electron chi connectivity index (χ1n) is 7.56. The van der Waals surface area contributed by atoms with Gasteiger partial charge in [-0.05, 0) is 42.5 Å². The summed E-state index contributed by atoms with van der Waals surface area (Å²) in [6, 6.07) is 6.53. The highest BCUT2D eigenvalue weighted by Crippen LogP contribution is 2.25. The summed E-state index contributed by atoms with van der Waals surface area (Å²) in [6.45, 7) is 0. The van der Waals surface area contributed by atoms with Crippen LogP contribution in [0.15, 0.2) is 47.5 Å². The third-order valence-corrected chi connectivity index (χ3v) is 4.78. The molecule has 1 atom stereocenters. The molecule has 4 rings (SSSR count). The maximum atomic E-state index is 12.6. The van der Waals surface area contributed by atoms with Crippen molar-refractivity contribution in [3.63, 3.8) is 0 Å². The van der Waals surface area contributed by atoms with Crippen LogP contribution < -0.4 is 5.32 Å². The van der Waals surface area contributed by atoms with Crippen LogP contribution in [0.5, 0.6) is 0 Å². The van der Waals surface area contributed by atoms with Crippen LogP contribution in [0.1, 0.15) is 28.0 Å². The van der Waals surface area contributed by atoms with Gasteiger partial charge >= 0.3 is 0 Å². The number of amides is 1. The minimum Gasteiger partial charge on any atom is -0.348 e. The fourth-order valence-electron chi connectivity index (χ4n) is 3.12. The van der Waals surface area contributed by atoms with Gasteiger partial charge in [-0.1, -0.05) is 22.0 Å². The number of hydrogen-bond acceptors (Lipinski definition) is 3. The van der Waals surface area contributed by atoms with Crippen molar-refractivity contribution >= 4 is 27.5 Å². The first kappa shape index (κ1) is 14.4. The molecule has 0 bridgehead atoms. The number of benzene rings is 1. The molecule has 3 aromatic rings. The molecule has 0 saturated heterocycles. The van der Waals surface area contributed by atoms with Crippen LogP contribution in [0.25, 0.3) is 5.65 Å². The number of imidazole rings is 1. The second kappa shape index (κ2) is 5.77. The molecular weight excluding hydrogens is 356 g/mol. The molecule has 2 aromatic heterocycles. The van der Waals surface area contributed by atoms with Crippen LogP contribution in [-0.2, 0) is 12.8 Å². The van der Waals surface area contributed by atoms with Crippen LogP contribution >= 0.6 is 15.9 Å². The number of carbonyl (C=O) groups is 1. The zero-order chi connectivity index (χ0) is 15.8. The van der Waals surface area contributed by atoms with Gasteiger partial charge in [0.1, 0.15) is 5.69 Å². The Labute approximate surface area is 141 Å². The smallest absolute Gasteiger partial charge is 0.270 e. The summed E-state index contributed by atoms with van der Waals surface area (Å²) in [5.74, 6) is -0.0906. The number of hydrogen-bond donors (Lipinski definition) is 1. The monoisotopic (exact) mass is 370 g/mol. The van der Waals surface area contributed by atoms with E-state index in [4.69, 9.17) is 0 Å². The molecule has 5 nitrogen and oxygen atoms in total. The van der Waals surface area contributed by atoms with E-state index in [0.717, 1.165) is 23.7 Å². The van der Waals surface area contributed by atoms with E-state index in [-0.39, 0.29) is 11.9 Å². The van der Waals surface area contributed by atoms with Crippen molar-refractivity contribution in [1.82, 2.24) is 19.7 Å². The molecule has 1 aromatic carbocycles. The lowest BCUT2D eigenvalue weighted by Crippen LogP contribution is -2.39.